The van der Waals surface area contributed by atoms with E-state index < -0.39 is 0 Å². The Bertz CT molecular complexity index is 995. The van der Waals surface area contributed by atoms with Crippen molar-refractivity contribution >= 4 is 11.1 Å². The fourth-order valence-electron chi connectivity index (χ4n) is 2.86. The van der Waals surface area contributed by atoms with Gasteiger partial charge in [-0.05, 0) is 37.1 Å². The van der Waals surface area contributed by atoms with Crippen LogP contribution in [0.25, 0.3) is 28.2 Å². The summed E-state index contributed by atoms with van der Waals surface area (Å²) in [5, 5.41) is 4.42. The van der Waals surface area contributed by atoms with Gasteiger partial charge in [0.15, 0.2) is 17.3 Å². The molecule has 4 aromatic rings. The largest absolute Gasteiger partial charge is 0.441 e. The van der Waals surface area contributed by atoms with E-state index in [1.54, 1.807) is 6.33 Å². The highest BCUT2D eigenvalue weighted by Crippen LogP contribution is 2.29. The second-order valence-corrected chi connectivity index (χ2v) is 5.50. The lowest BCUT2D eigenvalue weighted by atomic mass is 10.1. The zero-order valence-corrected chi connectivity index (χ0v) is 13.1. The van der Waals surface area contributed by atoms with Crippen LogP contribution in [0.15, 0.2) is 41.3 Å². The Kier molecular flexibility index (Phi) is 2.97. The van der Waals surface area contributed by atoms with Crippen molar-refractivity contribution in [3.05, 3.63) is 53.9 Å². The molecule has 114 valence electrons. The molecule has 0 saturated carbocycles. The molecule has 0 fully saturated rings. The summed E-state index contributed by atoms with van der Waals surface area (Å²) >= 11 is 0. The lowest BCUT2D eigenvalue weighted by molar-refractivity contribution is 0.561. The van der Waals surface area contributed by atoms with Gasteiger partial charge in [-0.2, -0.15) is 5.10 Å². The summed E-state index contributed by atoms with van der Waals surface area (Å²) in [6.07, 6.45) is 5.21. The maximum absolute atomic E-state index is 5.62. The first-order chi connectivity index (χ1) is 11.1. The normalized spacial score (nSPS) is 11.3. The number of para-hydroxylation sites is 1. The maximum Gasteiger partial charge on any atom is 0.192 e. The predicted octanol–water partition coefficient (Wildman–Crippen LogP) is 3.40. The van der Waals surface area contributed by atoms with Crippen molar-refractivity contribution < 1.29 is 4.42 Å². The van der Waals surface area contributed by atoms with Crippen LogP contribution in [0.2, 0.25) is 0 Å². The van der Waals surface area contributed by atoms with E-state index in [1.165, 1.54) is 0 Å². The van der Waals surface area contributed by atoms with E-state index in [0.717, 1.165) is 39.3 Å². The topological polar surface area (TPSA) is 69.6 Å². The van der Waals surface area contributed by atoms with Gasteiger partial charge in [-0.15, -0.1) is 0 Å². The van der Waals surface area contributed by atoms with Gasteiger partial charge in [-0.25, -0.2) is 14.6 Å². The Hall–Kier alpha value is -3.02. The Labute approximate surface area is 132 Å². The molecular weight excluding hydrogens is 290 g/mol. The Morgan fingerprint density at radius 1 is 1.04 bits per heavy atom. The molecule has 0 atom stereocenters. The van der Waals surface area contributed by atoms with Crippen LogP contribution in [0.5, 0.6) is 0 Å². The number of nitrogens with zero attached hydrogens (tertiary/aromatic N) is 5. The molecule has 0 radical (unpaired) electrons. The molecule has 0 unspecified atom stereocenters. The third kappa shape index (κ3) is 2.11. The molecule has 23 heavy (non-hydrogen) atoms. The molecule has 1 aromatic carbocycles. The number of rotatable bonds is 2. The summed E-state index contributed by atoms with van der Waals surface area (Å²) in [6, 6.07) is 5.83. The Morgan fingerprint density at radius 2 is 1.83 bits per heavy atom. The fourth-order valence-corrected chi connectivity index (χ4v) is 2.86. The lowest BCUT2D eigenvalue weighted by Crippen LogP contribution is -2.05. The van der Waals surface area contributed by atoms with Crippen molar-refractivity contribution in [3.63, 3.8) is 0 Å². The molecule has 0 aliphatic heterocycles. The molecular formula is C17H15N5O. The average Bonchev–Trinajstić information content (AvgIpc) is 3.12. The first-order valence-corrected chi connectivity index (χ1v) is 7.33. The minimum absolute atomic E-state index is 0.634. The summed E-state index contributed by atoms with van der Waals surface area (Å²) in [4.78, 5) is 13.2. The zero-order chi connectivity index (χ0) is 16.0. The van der Waals surface area contributed by atoms with E-state index in [9.17, 15) is 0 Å². The number of pyridine rings is 1. The summed E-state index contributed by atoms with van der Waals surface area (Å²) in [5.41, 5.74) is 5.51. The lowest BCUT2D eigenvalue weighted by Gasteiger charge is -2.11. The first-order valence-electron chi connectivity index (χ1n) is 7.33. The molecule has 0 saturated heterocycles. The number of oxazole rings is 1. The number of aromatic nitrogens is 5. The highest BCUT2D eigenvalue weighted by atomic mass is 16.3. The summed E-state index contributed by atoms with van der Waals surface area (Å²) in [7, 11) is 0. The van der Waals surface area contributed by atoms with Gasteiger partial charge in [-0.1, -0.05) is 6.07 Å². The van der Waals surface area contributed by atoms with Crippen molar-refractivity contribution in [2.24, 2.45) is 0 Å². The second-order valence-electron chi connectivity index (χ2n) is 5.50. The van der Waals surface area contributed by atoms with Gasteiger partial charge in [0.25, 0.3) is 0 Å². The molecule has 0 N–H and O–H groups in total. The smallest absolute Gasteiger partial charge is 0.192 e. The van der Waals surface area contributed by atoms with Crippen molar-refractivity contribution in [2.45, 2.75) is 20.8 Å². The monoisotopic (exact) mass is 305 g/mol. The van der Waals surface area contributed by atoms with Crippen LogP contribution in [0.4, 0.5) is 0 Å². The van der Waals surface area contributed by atoms with Crippen LogP contribution in [-0.4, -0.2) is 24.7 Å². The van der Waals surface area contributed by atoms with Crippen molar-refractivity contribution in [3.8, 4) is 17.1 Å². The van der Waals surface area contributed by atoms with Gasteiger partial charge in [0, 0.05) is 24.9 Å². The molecule has 4 rings (SSSR count). The average molecular weight is 305 g/mol. The molecule has 6 nitrogen and oxygen atoms in total. The van der Waals surface area contributed by atoms with Crippen LogP contribution in [0, 0.1) is 20.8 Å². The number of hydrogen-bond donors (Lipinski definition) is 0. The number of fused-ring (bicyclic) bond motifs is 1. The molecule has 0 bridgehead atoms. The SMILES string of the molecule is Cc1nc2c(-c3ncnn3-c3c(C)cncc3C)cccc2o1. The Balaban J connectivity index is 2.00. The summed E-state index contributed by atoms with van der Waals surface area (Å²) in [5.74, 6) is 1.37. The van der Waals surface area contributed by atoms with E-state index in [2.05, 4.69) is 20.1 Å². The Morgan fingerprint density at radius 3 is 2.61 bits per heavy atom. The molecule has 6 heteroatoms. The number of aryl methyl sites for hydroxylation is 3. The van der Waals surface area contributed by atoms with Crippen molar-refractivity contribution in [1.29, 1.82) is 0 Å². The molecule has 0 aliphatic rings. The van der Waals surface area contributed by atoms with E-state index in [1.807, 2.05) is 56.0 Å². The maximum atomic E-state index is 5.62. The fraction of sp³-hybridized carbons (Fsp3) is 0.176. The number of benzene rings is 1. The van der Waals surface area contributed by atoms with Crippen LogP contribution >= 0.6 is 0 Å². The van der Waals surface area contributed by atoms with Crippen molar-refractivity contribution in [2.75, 3.05) is 0 Å². The van der Waals surface area contributed by atoms with Crippen LogP contribution in [-0.2, 0) is 0 Å². The zero-order valence-electron chi connectivity index (χ0n) is 13.1. The van der Waals surface area contributed by atoms with Crippen LogP contribution in [0.3, 0.4) is 0 Å². The summed E-state index contributed by atoms with van der Waals surface area (Å²) < 4.78 is 7.46. The molecule has 0 amide bonds. The van der Waals surface area contributed by atoms with Gasteiger partial charge in [0.05, 0.1) is 5.69 Å². The molecule has 0 aliphatic carbocycles. The molecule has 3 heterocycles. The summed E-state index contributed by atoms with van der Waals surface area (Å²) in [6.45, 7) is 5.87. The number of hydrogen-bond acceptors (Lipinski definition) is 5. The highest BCUT2D eigenvalue weighted by Gasteiger charge is 2.17. The van der Waals surface area contributed by atoms with E-state index in [-0.39, 0.29) is 0 Å². The predicted molar refractivity (Wildman–Crippen MR) is 86.4 cm³/mol. The van der Waals surface area contributed by atoms with Gasteiger partial charge < -0.3 is 4.42 Å². The highest BCUT2D eigenvalue weighted by molar-refractivity contribution is 5.89. The quantitative estimate of drug-likeness (QED) is 0.567. The van der Waals surface area contributed by atoms with Gasteiger partial charge in [-0.3, -0.25) is 4.98 Å². The van der Waals surface area contributed by atoms with Crippen molar-refractivity contribution in [1.82, 2.24) is 24.7 Å². The van der Waals surface area contributed by atoms with E-state index >= 15 is 0 Å². The van der Waals surface area contributed by atoms with Crippen LogP contribution < -0.4 is 0 Å². The first kappa shape index (κ1) is 13.6. The minimum atomic E-state index is 0.634. The van der Waals surface area contributed by atoms with E-state index in [0.29, 0.717) is 5.89 Å². The van der Waals surface area contributed by atoms with Gasteiger partial charge >= 0.3 is 0 Å². The third-order valence-electron chi connectivity index (χ3n) is 3.81. The molecule has 3 aromatic heterocycles. The minimum Gasteiger partial charge on any atom is -0.441 e. The van der Waals surface area contributed by atoms with Crippen LogP contribution in [0.1, 0.15) is 17.0 Å². The van der Waals surface area contributed by atoms with Gasteiger partial charge in [0.2, 0.25) is 0 Å². The van der Waals surface area contributed by atoms with E-state index in [4.69, 9.17) is 4.42 Å². The molecule has 0 spiro atoms. The standard InChI is InChI=1S/C17H15N5O/c1-10-7-18-8-11(2)16(10)22-17(19-9-20-22)13-5-4-6-14-15(13)21-12(3)23-14/h4-9H,1-3H3. The third-order valence-corrected chi connectivity index (χ3v) is 3.81. The second kappa shape index (κ2) is 5.01. The van der Waals surface area contributed by atoms with Gasteiger partial charge in [0.1, 0.15) is 11.8 Å².